The van der Waals surface area contributed by atoms with Crippen LogP contribution in [0.3, 0.4) is 0 Å². The van der Waals surface area contributed by atoms with Crippen LogP contribution in [0.5, 0.6) is 0 Å². The molecule has 5 aromatic rings. The largest absolute Gasteiger partial charge is 0.477 e. The van der Waals surface area contributed by atoms with E-state index in [9.17, 15) is 9.90 Å². The molecule has 0 amide bonds. The number of halogens is 1. The normalized spacial score (nSPS) is 11.9. The molecule has 0 spiro atoms. The Bertz CT molecular complexity index is 1420. The van der Waals surface area contributed by atoms with Crippen molar-refractivity contribution >= 4 is 39.4 Å². The van der Waals surface area contributed by atoms with Crippen LogP contribution in [0.4, 0.5) is 0 Å². The summed E-state index contributed by atoms with van der Waals surface area (Å²) in [4.78, 5) is 25.8. The number of imidazole rings is 1. The van der Waals surface area contributed by atoms with E-state index >= 15 is 0 Å². The second kappa shape index (κ2) is 11.1. The number of carboxylic acids is 1. The molecule has 0 saturated carbocycles. The number of benzene rings is 2. The van der Waals surface area contributed by atoms with Crippen LogP contribution in [0.2, 0.25) is 5.02 Å². The van der Waals surface area contributed by atoms with Crippen LogP contribution in [0.25, 0.3) is 21.8 Å². The van der Waals surface area contributed by atoms with Gasteiger partial charge in [0.05, 0.1) is 24.6 Å². The van der Waals surface area contributed by atoms with Crippen molar-refractivity contribution in [3.63, 3.8) is 0 Å². The zero-order valence-corrected chi connectivity index (χ0v) is 20.0. The lowest BCUT2D eigenvalue weighted by atomic mass is 9.97. The summed E-state index contributed by atoms with van der Waals surface area (Å²) in [6.45, 7) is 1.82. The molecule has 9 heteroatoms. The highest BCUT2D eigenvalue weighted by Crippen LogP contribution is 2.34. The first-order chi connectivity index (χ1) is 17.0. The maximum absolute atomic E-state index is 11.9. The quantitative estimate of drug-likeness (QED) is 0.256. The molecule has 5 rings (SSSR count). The van der Waals surface area contributed by atoms with Gasteiger partial charge >= 0.3 is 5.97 Å². The molecule has 3 heterocycles. The van der Waals surface area contributed by atoms with Crippen molar-refractivity contribution in [2.45, 2.75) is 26.2 Å². The average Bonchev–Trinajstić information content (AvgIpc) is 3.55. The minimum Gasteiger partial charge on any atom is -0.477 e. The summed E-state index contributed by atoms with van der Waals surface area (Å²) in [6, 6.07) is 13.7. The van der Waals surface area contributed by atoms with Gasteiger partial charge in [0.15, 0.2) is 12.0 Å². The SMILES string of the molecule is COC(C)OCc1c(C(=O)O)ncc2[nH]c3cccc(Cc4ccccc4Cl)c3c12.c1c[nH]cn1. The molecule has 8 nitrogen and oxygen atoms in total. The highest BCUT2D eigenvalue weighted by molar-refractivity contribution is 6.31. The van der Waals surface area contributed by atoms with Crippen molar-refractivity contribution in [1.29, 1.82) is 0 Å². The Balaban J connectivity index is 0.000000514. The van der Waals surface area contributed by atoms with Gasteiger partial charge in [0, 0.05) is 46.4 Å². The van der Waals surface area contributed by atoms with Crippen LogP contribution < -0.4 is 0 Å². The number of methoxy groups -OCH3 is 1. The summed E-state index contributed by atoms with van der Waals surface area (Å²) in [7, 11) is 1.54. The molecule has 0 aliphatic heterocycles. The van der Waals surface area contributed by atoms with Gasteiger partial charge in [-0.05, 0) is 36.6 Å². The van der Waals surface area contributed by atoms with E-state index in [0.29, 0.717) is 17.0 Å². The molecule has 0 bridgehead atoms. The van der Waals surface area contributed by atoms with Crippen LogP contribution in [0.15, 0.2) is 67.4 Å². The first-order valence-corrected chi connectivity index (χ1v) is 11.3. The fourth-order valence-electron chi connectivity index (χ4n) is 3.88. The maximum atomic E-state index is 11.9. The van der Waals surface area contributed by atoms with E-state index in [1.54, 1.807) is 31.8 Å². The second-order valence-electron chi connectivity index (χ2n) is 7.79. The van der Waals surface area contributed by atoms with Crippen molar-refractivity contribution in [1.82, 2.24) is 19.9 Å². The van der Waals surface area contributed by atoms with Crippen molar-refractivity contribution in [3.8, 4) is 0 Å². The molecule has 180 valence electrons. The number of hydrogen-bond acceptors (Lipinski definition) is 5. The highest BCUT2D eigenvalue weighted by Gasteiger charge is 2.21. The minimum atomic E-state index is -1.10. The van der Waals surface area contributed by atoms with Crippen LogP contribution >= 0.6 is 11.6 Å². The number of nitrogens with zero attached hydrogens (tertiary/aromatic N) is 2. The Kier molecular flexibility index (Phi) is 7.77. The minimum absolute atomic E-state index is 0.0285. The topological polar surface area (TPSA) is 113 Å². The molecule has 0 aliphatic carbocycles. The number of pyridine rings is 1. The Hall–Kier alpha value is -3.72. The molecule has 3 N–H and O–H groups in total. The monoisotopic (exact) mass is 492 g/mol. The number of fused-ring (bicyclic) bond motifs is 3. The number of ether oxygens (including phenoxy) is 2. The lowest BCUT2D eigenvalue weighted by Gasteiger charge is -2.14. The van der Waals surface area contributed by atoms with Gasteiger partial charge < -0.3 is 24.5 Å². The molecule has 3 aromatic heterocycles. The number of aromatic amines is 2. The molecular weight excluding hydrogens is 468 g/mol. The Morgan fingerprint density at radius 1 is 1.11 bits per heavy atom. The summed E-state index contributed by atoms with van der Waals surface area (Å²) in [5.41, 5.74) is 4.18. The van der Waals surface area contributed by atoms with E-state index in [1.807, 2.05) is 42.5 Å². The third kappa shape index (κ3) is 5.51. The fraction of sp³-hybridized carbons (Fsp3) is 0.192. The molecule has 2 aromatic carbocycles. The van der Waals surface area contributed by atoms with Gasteiger partial charge in [0.1, 0.15) is 0 Å². The molecule has 0 radical (unpaired) electrons. The van der Waals surface area contributed by atoms with Crippen molar-refractivity contribution < 1.29 is 19.4 Å². The molecule has 0 saturated heterocycles. The van der Waals surface area contributed by atoms with Gasteiger partial charge in [-0.3, -0.25) is 0 Å². The third-order valence-electron chi connectivity index (χ3n) is 5.59. The zero-order valence-electron chi connectivity index (χ0n) is 19.3. The fourth-order valence-corrected chi connectivity index (χ4v) is 4.08. The molecule has 0 fully saturated rings. The lowest BCUT2D eigenvalue weighted by Crippen LogP contribution is -2.13. The van der Waals surface area contributed by atoms with E-state index in [-0.39, 0.29) is 12.3 Å². The number of carboxylic acid groups (broad SMARTS) is 1. The summed E-state index contributed by atoms with van der Waals surface area (Å²) >= 11 is 6.39. The summed E-state index contributed by atoms with van der Waals surface area (Å²) < 4.78 is 10.9. The molecule has 35 heavy (non-hydrogen) atoms. The number of nitrogens with one attached hydrogen (secondary N) is 2. The average molecular weight is 493 g/mol. The first-order valence-electron chi connectivity index (χ1n) is 10.9. The van der Waals surface area contributed by atoms with Crippen LogP contribution in [0, 0.1) is 0 Å². The van der Waals surface area contributed by atoms with Crippen molar-refractivity contribution in [2.24, 2.45) is 0 Å². The molecule has 1 atom stereocenters. The summed E-state index contributed by atoms with van der Waals surface area (Å²) in [5.74, 6) is -1.10. The van der Waals surface area contributed by atoms with Crippen LogP contribution in [0.1, 0.15) is 34.1 Å². The highest BCUT2D eigenvalue weighted by atomic mass is 35.5. The lowest BCUT2D eigenvalue weighted by molar-refractivity contribution is -0.118. The number of aromatic carboxylic acids is 1. The Labute approximate surface area is 206 Å². The Morgan fingerprint density at radius 2 is 1.91 bits per heavy atom. The third-order valence-corrected chi connectivity index (χ3v) is 5.96. The van der Waals surface area contributed by atoms with Gasteiger partial charge in [0.25, 0.3) is 0 Å². The van der Waals surface area contributed by atoms with Gasteiger partial charge in [-0.25, -0.2) is 14.8 Å². The smallest absolute Gasteiger partial charge is 0.354 e. The predicted molar refractivity (Wildman–Crippen MR) is 135 cm³/mol. The van der Waals surface area contributed by atoms with Gasteiger partial charge in [-0.2, -0.15) is 0 Å². The van der Waals surface area contributed by atoms with E-state index in [2.05, 4.69) is 19.9 Å². The van der Waals surface area contributed by atoms with E-state index in [1.165, 1.54) is 7.11 Å². The van der Waals surface area contributed by atoms with E-state index in [4.69, 9.17) is 21.1 Å². The number of rotatable bonds is 7. The van der Waals surface area contributed by atoms with E-state index < -0.39 is 12.3 Å². The number of aromatic nitrogens is 4. The Morgan fingerprint density at radius 3 is 2.57 bits per heavy atom. The van der Waals surface area contributed by atoms with Crippen LogP contribution in [-0.2, 0) is 22.5 Å². The standard InChI is InChI=1S/C23H21ClN2O4.C3H4N2/c1-13(29-2)30-12-16-21-19(11-25-22(16)23(27)28)26-18-9-5-7-15(20(18)21)10-14-6-3-4-8-17(14)24;1-2-5-3-4-1/h3-9,11,13,26H,10,12H2,1-2H3,(H,27,28);1-3H,(H,4,5). The number of carbonyl (C=O) groups is 1. The van der Waals surface area contributed by atoms with Gasteiger partial charge in [-0.1, -0.05) is 41.9 Å². The van der Waals surface area contributed by atoms with Gasteiger partial charge in [-0.15, -0.1) is 0 Å². The van der Waals surface area contributed by atoms with Crippen molar-refractivity contribution in [3.05, 3.63) is 94.8 Å². The summed E-state index contributed by atoms with van der Waals surface area (Å²) in [6.07, 6.45) is 6.78. The number of H-pyrrole nitrogens is 2. The predicted octanol–water partition coefficient (Wildman–Crippen LogP) is 5.58. The summed E-state index contributed by atoms with van der Waals surface area (Å²) in [5, 5.41) is 12.2. The molecule has 1 unspecified atom stereocenters. The van der Waals surface area contributed by atoms with Gasteiger partial charge in [0.2, 0.25) is 0 Å². The number of hydrogen-bond donors (Lipinski definition) is 3. The molecular formula is C26H25ClN4O4. The molecule has 0 aliphatic rings. The second-order valence-corrected chi connectivity index (χ2v) is 8.19. The van der Waals surface area contributed by atoms with Crippen molar-refractivity contribution in [2.75, 3.05) is 7.11 Å². The maximum Gasteiger partial charge on any atom is 0.354 e. The van der Waals surface area contributed by atoms with E-state index in [0.717, 1.165) is 32.9 Å². The first kappa shape index (κ1) is 24.4. The van der Waals surface area contributed by atoms with Crippen LogP contribution in [-0.4, -0.2) is 44.4 Å². The zero-order chi connectivity index (χ0) is 24.8.